The van der Waals surface area contributed by atoms with Crippen LogP contribution in [0.5, 0.6) is 0 Å². The van der Waals surface area contributed by atoms with Gasteiger partial charge in [-0.1, -0.05) is 12.1 Å². The Morgan fingerprint density at radius 3 is 2.79 bits per heavy atom. The molecule has 0 atom stereocenters. The molecule has 4 heteroatoms. The maximum Gasteiger partial charge on any atom is 0.141 e. The third-order valence-electron chi connectivity index (χ3n) is 1.99. The zero-order valence-corrected chi connectivity index (χ0v) is 9.32. The van der Waals surface area contributed by atoms with Gasteiger partial charge in [0.1, 0.15) is 10.4 Å². The second-order valence-corrected chi connectivity index (χ2v) is 3.94. The summed E-state index contributed by atoms with van der Waals surface area (Å²) in [6.45, 7) is 0. The summed E-state index contributed by atoms with van der Waals surface area (Å²) < 4.78 is 2.79. The zero-order valence-electron chi connectivity index (χ0n) is 7.74. The van der Waals surface area contributed by atoms with Gasteiger partial charge < -0.3 is 10.3 Å². The number of hydrogen-bond donors (Lipinski definition) is 1. The van der Waals surface area contributed by atoms with Crippen molar-refractivity contribution >= 4 is 21.6 Å². The molecule has 0 fully saturated rings. The van der Waals surface area contributed by atoms with Crippen molar-refractivity contribution in [3.63, 3.8) is 0 Å². The van der Waals surface area contributed by atoms with E-state index in [0.29, 0.717) is 0 Å². The third-order valence-corrected chi connectivity index (χ3v) is 2.37. The fourth-order valence-electron chi connectivity index (χ4n) is 1.38. The number of nitrogen functional groups attached to an aromatic ring is 1. The van der Waals surface area contributed by atoms with Crippen LogP contribution in [0.25, 0.3) is 11.4 Å². The van der Waals surface area contributed by atoms with Crippen molar-refractivity contribution in [2.45, 2.75) is 0 Å². The van der Waals surface area contributed by atoms with E-state index < -0.39 is 0 Å². The molecular weight excluding hydrogens is 242 g/mol. The highest BCUT2D eigenvalue weighted by Crippen LogP contribution is 2.21. The predicted octanol–water partition coefficient (Wildman–Crippen LogP) is 2.43. The van der Waals surface area contributed by atoms with Gasteiger partial charge in [-0.2, -0.15) is 0 Å². The van der Waals surface area contributed by atoms with Crippen LogP contribution < -0.4 is 5.73 Å². The summed E-state index contributed by atoms with van der Waals surface area (Å²) in [4.78, 5) is 4.35. The average Bonchev–Trinajstić information content (AvgIpc) is 2.45. The SMILES string of the molecule is Cn1cc(Br)nc1-c1cccc(N)c1. The molecule has 0 radical (unpaired) electrons. The number of aromatic nitrogens is 2. The van der Waals surface area contributed by atoms with Crippen molar-refractivity contribution in [2.24, 2.45) is 7.05 Å². The second kappa shape index (κ2) is 3.46. The number of nitrogens with zero attached hydrogens (tertiary/aromatic N) is 2. The Bertz CT molecular complexity index is 462. The summed E-state index contributed by atoms with van der Waals surface area (Å²) in [5, 5.41) is 0. The van der Waals surface area contributed by atoms with Crippen molar-refractivity contribution in [1.29, 1.82) is 0 Å². The third kappa shape index (κ3) is 1.65. The first-order valence-corrected chi connectivity index (χ1v) is 5.01. The zero-order chi connectivity index (χ0) is 10.1. The van der Waals surface area contributed by atoms with Crippen LogP contribution in [0.2, 0.25) is 0 Å². The fraction of sp³-hybridized carbons (Fsp3) is 0.100. The number of benzene rings is 1. The van der Waals surface area contributed by atoms with E-state index in [-0.39, 0.29) is 0 Å². The lowest BCUT2D eigenvalue weighted by atomic mass is 10.2. The van der Waals surface area contributed by atoms with Gasteiger partial charge in [0.2, 0.25) is 0 Å². The average molecular weight is 252 g/mol. The molecule has 2 N–H and O–H groups in total. The molecule has 2 aromatic rings. The minimum Gasteiger partial charge on any atom is -0.399 e. The number of rotatable bonds is 1. The monoisotopic (exact) mass is 251 g/mol. The molecule has 0 saturated carbocycles. The fourth-order valence-corrected chi connectivity index (χ4v) is 1.85. The van der Waals surface area contributed by atoms with Crippen molar-refractivity contribution in [2.75, 3.05) is 5.73 Å². The minimum atomic E-state index is 0.752. The first kappa shape index (κ1) is 9.27. The van der Waals surface area contributed by atoms with Crippen LogP contribution in [0.4, 0.5) is 5.69 Å². The summed E-state index contributed by atoms with van der Waals surface area (Å²) in [6.07, 6.45) is 1.92. The standard InChI is InChI=1S/C10H10BrN3/c1-14-6-9(11)13-10(14)7-3-2-4-8(12)5-7/h2-6H,12H2,1H3. The largest absolute Gasteiger partial charge is 0.399 e. The molecule has 2 rings (SSSR count). The number of aryl methyl sites for hydroxylation is 1. The second-order valence-electron chi connectivity index (χ2n) is 3.12. The van der Waals surface area contributed by atoms with Gasteiger partial charge in [0.15, 0.2) is 0 Å². The van der Waals surface area contributed by atoms with Gasteiger partial charge in [-0.15, -0.1) is 0 Å². The number of nitrogens with two attached hydrogens (primary N) is 1. The highest BCUT2D eigenvalue weighted by atomic mass is 79.9. The summed E-state index contributed by atoms with van der Waals surface area (Å²) >= 11 is 3.34. The highest BCUT2D eigenvalue weighted by Gasteiger charge is 2.05. The van der Waals surface area contributed by atoms with Gasteiger partial charge in [0.25, 0.3) is 0 Å². The van der Waals surface area contributed by atoms with E-state index in [1.807, 2.05) is 42.1 Å². The van der Waals surface area contributed by atoms with Crippen LogP contribution in [0.3, 0.4) is 0 Å². The van der Waals surface area contributed by atoms with Gasteiger partial charge in [0, 0.05) is 24.5 Å². The smallest absolute Gasteiger partial charge is 0.141 e. The molecule has 0 unspecified atom stereocenters. The topological polar surface area (TPSA) is 43.8 Å². The van der Waals surface area contributed by atoms with Crippen LogP contribution in [-0.4, -0.2) is 9.55 Å². The predicted molar refractivity (Wildman–Crippen MR) is 60.8 cm³/mol. The molecule has 0 amide bonds. The van der Waals surface area contributed by atoms with Gasteiger partial charge in [-0.05, 0) is 28.1 Å². The molecule has 0 spiro atoms. The van der Waals surface area contributed by atoms with Crippen LogP contribution >= 0.6 is 15.9 Å². The summed E-state index contributed by atoms with van der Waals surface area (Å²) in [5.41, 5.74) is 7.48. The molecule has 1 aromatic carbocycles. The Morgan fingerprint density at radius 2 is 2.21 bits per heavy atom. The van der Waals surface area contributed by atoms with Crippen molar-refractivity contribution in [3.8, 4) is 11.4 Å². The number of imidazole rings is 1. The summed E-state index contributed by atoms with van der Waals surface area (Å²) in [7, 11) is 1.95. The van der Waals surface area contributed by atoms with Crippen LogP contribution in [0.1, 0.15) is 0 Å². The minimum absolute atomic E-state index is 0.752. The molecule has 14 heavy (non-hydrogen) atoms. The molecular formula is C10H10BrN3. The lowest BCUT2D eigenvalue weighted by Crippen LogP contribution is -1.92. The van der Waals surface area contributed by atoms with Gasteiger partial charge in [0.05, 0.1) is 0 Å². The Kier molecular flexibility index (Phi) is 2.29. The molecule has 72 valence electrons. The van der Waals surface area contributed by atoms with Crippen molar-refractivity contribution < 1.29 is 0 Å². The molecule has 0 bridgehead atoms. The van der Waals surface area contributed by atoms with E-state index in [9.17, 15) is 0 Å². The molecule has 3 nitrogen and oxygen atoms in total. The number of anilines is 1. The van der Waals surface area contributed by atoms with Crippen molar-refractivity contribution in [1.82, 2.24) is 9.55 Å². The van der Waals surface area contributed by atoms with Crippen LogP contribution in [0.15, 0.2) is 35.1 Å². The molecule has 0 aliphatic carbocycles. The quantitative estimate of drug-likeness (QED) is 0.792. The van der Waals surface area contributed by atoms with E-state index in [4.69, 9.17) is 5.73 Å². The van der Waals surface area contributed by atoms with E-state index in [2.05, 4.69) is 20.9 Å². The van der Waals surface area contributed by atoms with Crippen LogP contribution in [0, 0.1) is 0 Å². The summed E-state index contributed by atoms with van der Waals surface area (Å²) in [6, 6.07) is 7.69. The molecule has 1 heterocycles. The lowest BCUT2D eigenvalue weighted by Gasteiger charge is -2.01. The normalized spacial score (nSPS) is 10.4. The van der Waals surface area contributed by atoms with E-state index in [0.717, 1.165) is 21.7 Å². The maximum absolute atomic E-state index is 5.70. The van der Waals surface area contributed by atoms with Gasteiger partial charge in [-0.3, -0.25) is 0 Å². The first-order chi connectivity index (χ1) is 6.66. The number of hydrogen-bond acceptors (Lipinski definition) is 2. The first-order valence-electron chi connectivity index (χ1n) is 4.21. The molecule has 0 aliphatic rings. The number of halogens is 1. The van der Waals surface area contributed by atoms with E-state index in [1.165, 1.54) is 0 Å². The Hall–Kier alpha value is -1.29. The molecule has 0 aliphatic heterocycles. The molecule has 1 aromatic heterocycles. The Morgan fingerprint density at radius 1 is 1.43 bits per heavy atom. The highest BCUT2D eigenvalue weighted by molar-refractivity contribution is 9.10. The lowest BCUT2D eigenvalue weighted by molar-refractivity contribution is 0.924. The van der Waals surface area contributed by atoms with Crippen LogP contribution in [-0.2, 0) is 7.05 Å². The Labute approximate surface area is 90.7 Å². The van der Waals surface area contributed by atoms with Gasteiger partial charge in [-0.25, -0.2) is 4.98 Å². The van der Waals surface area contributed by atoms with Crippen molar-refractivity contribution in [3.05, 3.63) is 35.1 Å². The summed E-state index contributed by atoms with van der Waals surface area (Å²) in [5.74, 6) is 0.907. The van der Waals surface area contributed by atoms with Gasteiger partial charge >= 0.3 is 0 Å². The Balaban J connectivity index is 2.54. The maximum atomic E-state index is 5.70. The van der Waals surface area contributed by atoms with E-state index >= 15 is 0 Å². The molecule has 0 saturated heterocycles. The van der Waals surface area contributed by atoms with E-state index in [1.54, 1.807) is 0 Å².